The van der Waals surface area contributed by atoms with E-state index < -0.39 is 33.0 Å². The monoisotopic (exact) mass is 698 g/mol. The number of anilines is 1. The molecule has 262 valence electrons. The molecule has 1 spiro atoms. The van der Waals surface area contributed by atoms with Crippen LogP contribution in [0.4, 0.5) is 14.9 Å². The van der Waals surface area contributed by atoms with Gasteiger partial charge in [0.25, 0.3) is 5.56 Å². The third-order valence-corrected chi connectivity index (χ3v) is 10.6. The highest BCUT2D eigenvalue weighted by Gasteiger charge is 2.45. The minimum atomic E-state index is -4.07. The summed E-state index contributed by atoms with van der Waals surface area (Å²) in [7, 11) is -2.57. The number of nitrogens with one attached hydrogen (secondary N) is 1. The Morgan fingerprint density at radius 3 is 2.61 bits per heavy atom. The predicted octanol–water partition coefficient (Wildman–Crippen LogP) is 4.31. The molecule has 3 fully saturated rings. The lowest BCUT2D eigenvalue weighted by molar-refractivity contribution is -0.0486. The number of hydrogen-bond donors (Lipinski definition) is 1. The van der Waals surface area contributed by atoms with Crippen LogP contribution >= 0.6 is 0 Å². The summed E-state index contributed by atoms with van der Waals surface area (Å²) >= 11 is 0. The molecule has 2 atom stereocenters. The molecule has 4 heterocycles. The highest BCUT2D eigenvalue weighted by molar-refractivity contribution is 7.90. The number of likely N-dealkylation sites (tertiary alicyclic amines) is 1. The summed E-state index contributed by atoms with van der Waals surface area (Å²) in [5, 5.41) is 10.1. The van der Waals surface area contributed by atoms with Crippen LogP contribution in [0.15, 0.2) is 41.5 Å². The Bertz CT molecular complexity index is 1970. The second kappa shape index (κ2) is 13.2. The Kier molecular flexibility index (Phi) is 9.31. The molecule has 16 heteroatoms. The van der Waals surface area contributed by atoms with Crippen LogP contribution in [-0.2, 0) is 24.4 Å². The van der Waals surface area contributed by atoms with Crippen LogP contribution < -0.4 is 15.0 Å². The van der Waals surface area contributed by atoms with E-state index in [9.17, 15) is 23.3 Å². The van der Waals surface area contributed by atoms with E-state index in [4.69, 9.17) is 18.9 Å². The van der Waals surface area contributed by atoms with Crippen molar-refractivity contribution in [2.24, 2.45) is 0 Å². The van der Waals surface area contributed by atoms with Gasteiger partial charge in [0, 0.05) is 33.3 Å². The van der Waals surface area contributed by atoms with Crippen LogP contribution in [0.2, 0.25) is 0 Å². The molecule has 0 bridgehead atoms. The van der Waals surface area contributed by atoms with Crippen molar-refractivity contribution in [3.8, 4) is 17.6 Å². The Morgan fingerprint density at radius 2 is 1.94 bits per heavy atom. The number of aromatic nitrogens is 2. The molecule has 6 rings (SSSR count). The molecule has 0 radical (unpaired) electrons. The molecular weight excluding hydrogens is 659 g/mol. The van der Waals surface area contributed by atoms with Gasteiger partial charge in [-0.3, -0.25) is 14.1 Å². The number of methoxy groups -OCH3 is 1. The maximum Gasteiger partial charge on any atom is 0.410 e. The molecular formula is C33H39FN6O8S. The highest BCUT2D eigenvalue weighted by Crippen LogP contribution is 2.41. The normalized spacial score (nSPS) is 21.2. The average molecular weight is 699 g/mol. The minimum Gasteiger partial charge on any atom is -0.453 e. The van der Waals surface area contributed by atoms with Crippen molar-refractivity contribution in [1.29, 1.82) is 5.26 Å². The van der Waals surface area contributed by atoms with Gasteiger partial charge >= 0.3 is 16.3 Å². The lowest BCUT2D eigenvalue weighted by atomic mass is 9.87. The second-order valence-electron chi connectivity index (χ2n) is 13.6. The van der Waals surface area contributed by atoms with E-state index in [1.807, 2.05) is 26.8 Å². The number of carbonyl (C=O) groups excluding carboxylic acids is 1. The van der Waals surface area contributed by atoms with Gasteiger partial charge in [0.05, 0.1) is 47.3 Å². The number of nitrogens with zero attached hydrogens (tertiary/aromatic N) is 5. The molecule has 1 unspecified atom stereocenters. The predicted molar refractivity (Wildman–Crippen MR) is 176 cm³/mol. The zero-order valence-corrected chi connectivity index (χ0v) is 28.6. The SMILES string of the molecule is COC1CCN(S(=O)(=O)Nc2ccc(F)c(Oc3ccc4ncn([C@H]5COC6(CCN(C(=O)OC(C)(C)C)CC6)C5)c(=O)c4c3)c2C#N)C1. The molecule has 3 aliphatic rings. The summed E-state index contributed by atoms with van der Waals surface area (Å²) in [5.74, 6) is -1.34. The third-order valence-electron chi connectivity index (χ3n) is 9.12. The fourth-order valence-corrected chi connectivity index (χ4v) is 7.78. The van der Waals surface area contributed by atoms with Crippen molar-refractivity contribution in [3.05, 3.63) is 58.4 Å². The number of piperidine rings is 1. The molecule has 3 aromatic rings. The van der Waals surface area contributed by atoms with Gasteiger partial charge in [-0.2, -0.15) is 18.0 Å². The lowest BCUT2D eigenvalue weighted by Gasteiger charge is -2.39. The van der Waals surface area contributed by atoms with Crippen LogP contribution in [0.25, 0.3) is 10.9 Å². The Hall–Kier alpha value is -4.30. The van der Waals surface area contributed by atoms with E-state index in [-0.39, 0.29) is 59.3 Å². The van der Waals surface area contributed by atoms with Crippen LogP contribution in [-0.4, -0.2) is 90.5 Å². The largest absolute Gasteiger partial charge is 0.453 e. The third kappa shape index (κ3) is 7.20. The number of fused-ring (bicyclic) bond motifs is 1. The van der Waals surface area contributed by atoms with E-state index >= 15 is 4.39 Å². The molecule has 3 aliphatic heterocycles. The van der Waals surface area contributed by atoms with Gasteiger partial charge < -0.3 is 23.8 Å². The fraction of sp³-hybridized carbons (Fsp3) is 0.515. The molecule has 1 N–H and O–H groups in total. The van der Waals surface area contributed by atoms with Crippen molar-refractivity contribution < 1.29 is 36.6 Å². The topological polar surface area (TPSA) is 165 Å². The van der Waals surface area contributed by atoms with Gasteiger partial charge in [-0.05, 0) is 76.8 Å². The standard InChI is InChI=1S/C33H39FN6O8S/c1-32(2,3)48-31(42)38-13-10-33(11-14-38)16-21(19-46-33)40-20-36-27-7-5-22(15-24(27)30(40)41)47-29-25(17-35)28(8-6-26(29)34)37-49(43,44)39-12-9-23(18-39)45-4/h5-8,15,20-21,23,37H,9-14,16,18-19H2,1-4H3/t21-,23?/m1/s1. The summed E-state index contributed by atoms with van der Waals surface area (Å²) < 4.78 is 69.1. The molecule has 3 saturated heterocycles. The van der Waals surface area contributed by atoms with Crippen molar-refractivity contribution in [3.63, 3.8) is 0 Å². The summed E-state index contributed by atoms with van der Waals surface area (Å²) in [4.78, 5) is 32.4. The smallest absolute Gasteiger partial charge is 0.410 e. The molecule has 2 aromatic carbocycles. The highest BCUT2D eigenvalue weighted by atomic mass is 32.2. The lowest BCUT2D eigenvalue weighted by Crippen LogP contribution is -2.48. The van der Waals surface area contributed by atoms with E-state index in [1.165, 1.54) is 34.4 Å². The van der Waals surface area contributed by atoms with Gasteiger partial charge in [-0.15, -0.1) is 0 Å². The average Bonchev–Trinajstić information content (AvgIpc) is 3.71. The molecule has 0 saturated carbocycles. The number of rotatable bonds is 7. The Morgan fingerprint density at radius 1 is 1.18 bits per heavy atom. The quantitative estimate of drug-likeness (QED) is 0.376. The zero-order valence-electron chi connectivity index (χ0n) is 27.8. The van der Waals surface area contributed by atoms with Gasteiger partial charge in [0.2, 0.25) is 0 Å². The minimum absolute atomic E-state index is 0.0516. The fourth-order valence-electron chi connectivity index (χ4n) is 6.49. The number of halogens is 1. The van der Waals surface area contributed by atoms with Crippen LogP contribution in [0.5, 0.6) is 11.5 Å². The van der Waals surface area contributed by atoms with Gasteiger partial charge in [0.1, 0.15) is 23.0 Å². The molecule has 0 aliphatic carbocycles. The van der Waals surface area contributed by atoms with Crippen molar-refractivity contribution in [2.75, 3.05) is 44.6 Å². The summed E-state index contributed by atoms with van der Waals surface area (Å²) in [6.07, 6.45) is 3.14. The molecule has 1 aromatic heterocycles. The van der Waals surface area contributed by atoms with Crippen LogP contribution in [0, 0.1) is 17.1 Å². The van der Waals surface area contributed by atoms with Crippen LogP contribution in [0.3, 0.4) is 0 Å². The number of amides is 1. The molecule has 1 amide bonds. The molecule has 14 nitrogen and oxygen atoms in total. The first-order valence-corrected chi connectivity index (χ1v) is 17.5. The van der Waals surface area contributed by atoms with E-state index in [1.54, 1.807) is 11.0 Å². The number of benzene rings is 2. The van der Waals surface area contributed by atoms with Crippen molar-refractivity contribution >= 4 is 32.9 Å². The summed E-state index contributed by atoms with van der Waals surface area (Å²) in [5.41, 5.74) is -1.56. The van der Waals surface area contributed by atoms with E-state index in [2.05, 4.69) is 9.71 Å². The van der Waals surface area contributed by atoms with Crippen LogP contribution in [0.1, 0.15) is 58.1 Å². The Balaban J connectivity index is 1.20. The number of carbonyl (C=O) groups is 1. The first-order chi connectivity index (χ1) is 23.2. The Labute approximate surface area is 283 Å². The molecule has 49 heavy (non-hydrogen) atoms. The second-order valence-corrected chi connectivity index (χ2v) is 15.3. The number of nitriles is 1. The summed E-state index contributed by atoms with van der Waals surface area (Å²) in [6.45, 7) is 7.08. The van der Waals surface area contributed by atoms with Crippen molar-refractivity contribution in [1.82, 2.24) is 18.8 Å². The number of hydrogen-bond acceptors (Lipinski definition) is 10. The van der Waals surface area contributed by atoms with E-state index in [0.29, 0.717) is 50.9 Å². The van der Waals surface area contributed by atoms with Gasteiger partial charge in [-0.25, -0.2) is 14.2 Å². The van der Waals surface area contributed by atoms with Gasteiger partial charge in [0.15, 0.2) is 11.6 Å². The van der Waals surface area contributed by atoms with Crippen molar-refractivity contribution in [2.45, 2.75) is 69.8 Å². The maximum atomic E-state index is 15.1. The van der Waals surface area contributed by atoms with E-state index in [0.717, 1.165) is 12.1 Å². The first-order valence-electron chi connectivity index (χ1n) is 16.0. The number of ether oxygens (including phenoxy) is 4. The first kappa shape index (κ1) is 34.6. The summed E-state index contributed by atoms with van der Waals surface area (Å²) in [6, 6.07) is 8.14. The maximum absolute atomic E-state index is 15.1. The van der Waals surface area contributed by atoms with Gasteiger partial charge in [-0.1, -0.05) is 0 Å². The zero-order chi connectivity index (χ0) is 35.1.